The number of hydrogen-bond donors (Lipinski definition) is 1. The Balaban J connectivity index is 2.88. The second-order valence-electron chi connectivity index (χ2n) is 5.09. The molecule has 1 rings (SSSR count). The molecule has 0 saturated carbocycles. The third-order valence-corrected chi connectivity index (χ3v) is 3.88. The molecule has 0 amide bonds. The van der Waals surface area contributed by atoms with Crippen LogP contribution in [0.15, 0.2) is 0 Å². The molecule has 5 heteroatoms. The average Bonchev–Trinajstić information content (AvgIpc) is 2.58. The fraction of sp³-hybridized carbons (Fsp3) is 0.750. The summed E-state index contributed by atoms with van der Waals surface area (Å²) in [6.45, 7) is 5.56. The van der Waals surface area contributed by atoms with Crippen LogP contribution in [0.4, 0.5) is 0 Å². The summed E-state index contributed by atoms with van der Waals surface area (Å²) in [5.41, 5.74) is 6.80. The smallest absolute Gasteiger partial charge is 0.0945 e. The van der Waals surface area contributed by atoms with Gasteiger partial charge >= 0.3 is 0 Å². The monoisotopic (exact) mass is 257 g/mol. The van der Waals surface area contributed by atoms with Gasteiger partial charge in [0.05, 0.1) is 17.3 Å². The van der Waals surface area contributed by atoms with Crippen LogP contribution in [0.2, 0.25) is 0 Å². The first-order valence-corrected chi connectivity index (χ1v) is 6.58. The SMILES string of the molecule is COCc1nc(CCN(C)C)sc1C(C)(C)N. The zero-order valence-corrected chi connectivity index (χ0v) is 12.2. The summed E-state index contributed by atoms with van der Waals surface area (Å²) in [5.74, 6) is 0. The van der Waals surface area contributed by atoms with E-state index in [1.54, 1.807) is 18.4 Å². The molecule has 2 N–H and O–H groups in total. The number of nitrogens with zero attached hydrogens (tertiary/aromatic N) is 2. The largest absolute Gasteiger partial charge is 0.378 e. The van der Waals surface area contributed by atoms with Crippen LogP contribution in [0.25, 0.3) is 0 Å². The lowest BCUT2D eigenvalue weighted by atomic mass is 10.0. The van der Waals surface area contributed by atoms with Gasteiger partial charge in [0.1, 0.15) is 0 Å². The lowest BCUT2D eigenvalue weighted by molar-refractivity contribution is 0.180. The highest BCUT2D eigenvalue weighted by Crippen LogP contribution is 2.29. The van der Waals surface area contributed by atoms with Crippen molar-refractivity contribution in [3.8, 4) is 0 Å². The highest BCUT2D eigenvalue weighted by atomic mass is 32.1. The predicted octanol–water partition coefficient (Wildman–Crippen LogP) is 1.59. The van der Waals surface area contributed by atoms with E-state index in [2.05, 4.69) is 24.0 Å². The van der Waals surface area contributed by atoms with Gasteiger partial charge in [0.2, 0.25) is 0 Å². The Bertz CT molecular complexity index is 355. The summed E-state index contributed by atoms with van der Waals surface area (Å²) in [7, 11) is 5.82. The van der Waals surface area contributed by atoms with Gasteiger partial charge in [0.15, 0.2) is 0 Å². The Hall–Kier alpha value is -0.490. The first-order valence-electron chi connectivity index (χ1n) is 5.76. The third kappa shape index (κ3) is 4.35. The zero-order valence-electron chi connectivity index (χ0n) is 11.4. The molecule has 0 spiro atoms. The lowest BCUT2D eigenvalue weighted by Gasteiger charge is -2.17. The number of nitrogens with two attached hydrogens (primary N) is 1. The van der Waals surface area contributed by atoms with Crippen LogP contribution in [-0.2, 0) is 23.3 Å². The molecule has 0 fully saturated rings. The minimum Gasteiger partial charge on any atom is -0.378 e. The maximum absolute atomic E-state index is 6.16. The van der Waals surface area contributed by atoms with Crippen LogP contribution >= 0.6 is 11.3 Å². The molecule has 0 unspecified atom stereocenters. The van der Waals surface area contributed by atoms with Crippen molar-refractivity contribution in [2.24, 2.45) is 5.73 Å². The maximum atomic E-state index is 6.16. The third-order valence-electron chi connectivity index (χ3n) is 2.38. The van der Waals surface area contributed by atoms with Crippen molar-refractivity contribution in [1.29, 1.82) is 0 Å². The van der Waals surface area contributed by atoms with Gasteiger partial charge < -0.3 is 15.4 Å². The van der Waals surface area contributed by atoms with Gasteiger partial charge in [-0.1, -0.05) is 0 Å². The van der Waals surface area contributed by atoms with Crippen LogP contribution in [0.3, 0.4) is 0 Å². The number of rotatable bonds is 6. The van der Waals surface area contributed by atoms with Gasteiger partial charge in [-0.05, 0) is 27.9 Å². The molecule has 0 aliphatic heterocycles. The van der Waals surface area contributed by atoms with Crippen molar-refractivity contribution in [3.05, 3.63) is 15.6 Å². The minimum absolute atomic E-state index is 0.345. The molecule has 1 heterocycles. The molecule has 0 aliphatic rings. The molecule has 0 bridgehead atoms. The Morgan fingerprint density at radius 3 is 2.53 bits per heavy atom. The molecule has 4 nitrogen and oxygen atoms in total. The fourth-order valence-corrected chi connectivity index (χ4v) is 2.64. The standard InChI is InChI=1S/C12H23N3OS/c1-12(2,13)11-9(8-16-5)14-10(17-11)6-7-15(3)4/h6-8,13H2,1-5H3. The molecule has 0 aromatic carbocycles. The summed E-state index contributed by atoms with van der Waals surface area (Å²) >= 11 is 1.71. The predicted molar refractivity (Wildman–Crippen MR) is 72.3 cm³/mol. The van der Waals surface area contributed by atoms with E-state index in [0.717, 1.165) is 28.5 Å². The van der Waals surface area contributed by atoms with Crippen molar-refractivity contribution in [1.82, 2.24) is 9.88 Å². The van der Waals surface area contributed by atoms with E-state index in [0.29, 0.717) is 6.61 Å². The highest BCUT2D eigenvalue weighted by molar-refractivity contribution is 7.11. The van der Waals surface area contributed by atoms with Crippen LogP contribution in [-0.4, -0.2) is 37.6 Å². The van der Waals surface area contributed by atoms with Crippen molar-refractivity contribution >= 4 is 11.3 Å². The van der Waals surface area contributed by atoms with Crippen LogP contribution in [0.1, 0.15) is 29.4 Å². The number of ether oxygens (including phenoxy) is 1. The summed E-state index contributed by atoms with van der Waals surface area (Å²) < 4.78 is 5.18. The zero-order chi connectivity index (χ0) is 13.1. The van der Waals surface area contributed by atoms with Crippen LogP contribution < -0.4 is 5.73 Å². The summed E-state index contributed by atoms with van der Waals surface area (Å²) in [4.78, 5) is 7.92. The topological polar surface area (TPSA) is 51.4 Å². The van der Waals surface area contributed by atoms with E-state index in [4.69, 9.17) is 10.5 Å². The molecule has 0 radical (unpaired) electrons. The van der Waals surface area contributed by atoms with Crippen LogP contribution in [0.5, 0.6) is 0 Å². The van der Waals surface area contributed by atoms with E-state index in [1.807, 2.05) is 13.8 Å². The van der Waals surface area contributed by atoms with Gasteiger partial charge in [0.25, 0.3) is 0 Å². The summed E-state index contributed by atoms with van der Waals surface area (Å²) in [6.07, 6.45) is 0.963. The van der Waals surface area contributed by atoms with Crippen molar-refractivity contribution in [2.45, 2.75) is 32.4 Å². The van der Waals surface area contributed by atoms with Gasteiger partial charge in [-0.2, -0.15) is 0 Å². The molecular formula is C12H23N3OS. The fourth-order valence-electron chi connectivity index (χ4n) is 1.56. The molecule has 1 aromatic rings. The normalized spacial score (nSPS) is 12.4. The molecule has 0 atom stereocenters. The van der Waals surface area contributed by atoms with E-state index in [1.165, 1.54) is 0 Å². The molecule has 98 valence electrons. The summed E-state index contributed by atoms with van der Waals surface area (Å²) in [6, 6.07) is 0. The summed E-state index contributed by atoms with van der Waals surface area (Å²) in [5, 5.41) is 1.14. The van der Waals surface area contributed by atoms with Crippen LogP contribution in [0, 0.1) is 0 Å². The average molecular weight is 257 g/mol. The van der Waals surface area contributed by atoms with Gasteiger partial charge in [-0.3, -0.25) is 0 Å². The van der Waals surface area contributed by atoms with E-state index in [-0.39, 0.29) is 5.54 Å². The second-order valence-corrected chi connectivity index (χ2v) is 6.18. The first kappa shape index (κ1) is 14.6. The first-order chi connectivity index (χ1) is 7.84. The van der Waals surface area contributed by atoms with Gasteiger partial charge in [-0.15, -0.1) is 11.3 Å². The minimum atomic E-state index is -0.345. The Morgan fingerprint density at radius 2 is 2.06 bits per heavy atom. The van der Waals surface area contributed by atoms with Gasteiger partial charge in [-0.25, -0.2) is 4.98 Å². The number of thiazole rings is 1. The Kier molecular flexibility index (Phi) is 5.06. The lowest BCUT2D eigenvalue weighted by Crippen LogP contribution is -2.28. The van der Waals surface area contributed by atoms with E-state index >= 15 is 0 Å². The number of methoxy groups -OCH3 is 1. The number of hydrogen-bond acceptors (Lipinski definition) is 5. The molecule has 0 aliphatic carbocycles. The number of likely N-dealkylation sites (N-methyl/N-ethyl adjacent to an activating group) is 1. The maximum Gasteiger partial charge on any atom is 0.0945 e. The van der Waals surface area contributed by atoms with Crippen molar-refractivity contribution < 1.29 is 4.74 Å². The molecule has 17 heavy (non-hydrogen) atoms. The van der Waals surface area contributed by atoms with Crippen molar-refractivity contribution in [2.75, 3.05) is 27.7 Å². The van der Waals surface area contributed by atoms with E-state index < -0.39 is 0 Å². The molecule has 0 saturated heterocycles. The second kappa shape index (κ2) is 5.91. The van der Waals surface area contributed by atoms with Crippen molar-refractivity contribution in [3.63, 3.8) is 0 Å². The number of aromatic nitrogens is 1. The van der Waals surface area contributed by atoms with Gasteiger partial charge in [0, 0.05) is 30.5 Å². The molecular weight excluding hydrogens is 234 g/mol. The Labute approximate surface area is 108 Å². The highest BCUT2D eigenvalue weighted by Gasteiger charge is 2.23. The quantitative estimate of drug-likeness (QED) is 0.841. The van der Waals surface area contributed by atoms with E-state index in [9.17, 15) is 0 Å². The molecule has 1 aromatic heterocycles. The Morgan fingerprint density at radius 1 is 1.41 bits per heavy atom.